The van der Waals surface area contributed by atoms with Crippen molar-refractivity contribution < 1.29 is 4.74 Å². The molecule has 18 heavy (non-hydrogen) atoms. The first-order chi connectivity index (χ1) is 8.67. The van der Waals surface area contributed by atoms with Crippen LogP contribution < -0.4 is 4.74 Å². The van der Waals surface area contributed by atoms with E-state index in [2.05, 4.69) is 11.1 Å². The summed E-state index contributed by atoms with van der Waals surface area (Å²) in [4.78, 5) is 3.95. The van der Waals surface area contributed by atoms with Crippen LogP contribution in [0.4, 0.5) is 0 Å². The SMILES string of the molecule is COc1c(C)cc(Cl)cc1-c1ccncc1C#N. The maximum atomic E-state index is 9.12. The molecule has 0 aliphatic heterocycles. The van der Waals surface area contributed by atoms with Crippen LogP contribution in [0.25, 0.3) is 11.1 Å². The Morgan fingerprint density at radius 1 is 1.33 bits per heavy atom. The summed E-state index contributed by atoms with van der Waals surface area (Å²) < 4.78 is 5.40. The van der Waals surface area contributed by atoms with Crippen LogP contribution >= 0.6 is 11.6 Å². The summed E-state index contributed by atoms with van der Waals surface area (Å²) >= 11 is 6.07. The van der Waals surface area contributed by atoms with E-state index in [1.807, 2.05) is 13.0 Å². The van der Waals surface area contributed by atoms with Crippen LogP contribution in [0, 0.1) is 18.3 Å². The van der Waals surface area contributed by atoms with E-state index in [0.717, 1.165) is 22.4 Å². The predicted molar refractivity (Wildman–Crippen MR) is 70.7 cm³/mol. The summed E-state index contributed by atoms with van der Waals surface area (Å²) in [6.45, 7) is 1.92. The third kappa shape index (κ3) is 2.15. The second kappa shape index (κ2) is 5.07. The average molecular weight is 259 g/mol. The number of aryl methyl sites for hydroxylation is 1. The Morgan fingerprint density at radius 3 is 2.78 bits per heavy atom. The van der Waals surface area contributed by atoms with Crippen molar-refractivity contribution in [2.24, 2.45) is 0 Å². The van der Waals surface area contributed by atoms with Gasteiger partial charge in [0.1, 0.15) is 11.8 Å². The van der Waals surface area contributed by atoms with Crippen LogP contribution in [-0.2, 0) is 0 Å². The van der Waals surface area contributed by atoms with E-state index in [1.165, 1.54) is 6.20 Å². The average Bonchev–Trinajstić information content (AvgIpc) is 2.38. The summed E-state index contributed by atoms with van der Waals surface area (Å²) in [5, 5.41) is 9.73. The first-order valence-electron chi connectivity index (χ1n) is 5.36. The van der Waals surface area contributed by atoms with Gasteiger partial charge in [0.2, 0.25) is 0 Å². The second-order valence-electron chi connectivity index (χ2n) is 3.84. The van der Waals surface area contributed by atoms with Crippen molar-refractivity contribution in [1.82, 2.24) is 4.98 Å². The first-order valence-corrected chi connectivity index (χ1v) is 5.73. The maximum absolute atomic E-state index is 9.12. The second-order valence-corrected chi connectivity index (χ2v) is 4.27. The lowest BCUT2D eigenvalue weighted by molar-refractivity contribution is 0.413. The monoisotopic (exact) mass is 258 g/mol. The van der Waals surface area contributed by atoms with E-state index in [4.69, 9.17) is 21.6 Å². The van der Waals surface area contributed by atoms with Gasteiger partial charge in [0.05, 0.1) is 12.7 Å². The van der Waals surface area contributed by atoms with E-state index >= 15 is 0 Å². The fraction of sp³-hybridized carbons (Fsp3) is 0.143. The molecule has 2 rings (SSSR count). The fourth-order valence-corrected chi connectivity index (χ4v) is 2.19. The molecule has 1 aromatic carbocycles. The van der Waals surface area contributed by atoms with Crippen molar-refractivity contribution in [3.05, 3.63) is 46.7 Å². The number of rotatable bonds is 2. The van der Waals surface area contributed by atoms with Gasteiger partial charge in [-0.2, -0.15) is 5.26 Å². The lowest BCUT2D eigenvalue weighted by Gasteiger charge is -2.13. The topological polar surface area (TPSA) is 45.9 Å². The number of methoxy groups -OCH3 is 1. The number of halogens is 1. The Kier molecular flexibility index (Phi) is 3.50. The third-order valence-electron chi connectivity index (χ3n) is 2.68. The molecule has 1 heterocycles. The van der Waals surface area contributed by atoms with Gasteiger partial charge < -0.3 is 4.74 Å². The van der Waals surface area contributed by atoms with Gasteiger partial charge in [-0.3, -0.25) is 4.98 Å². The summed E-state index contributed by atoms with van der Waals surface area (Å²) in [6, 6.07) is 7.53. The molecular formula is C14H11ClN2O. The van der Waals surface area contributed by atoms with Gasteiger partial charge in [-0.25, -0.2) is 0 Å². The molecule has 0 aliphatic carbocycles. The van der Waals surface area contributed by atoms with Crippen molar-refractivity contribution in [2.45, 2.75) is 6.92 Å². The highest BCUT2D eigenvalue weighted by molar-refractivity contribution is 6.31. The molecule has 0 unspecified atom stereocenters. The number of ether oxygens (including phenoxy) is 1. The molecule has 0 fully saturated rings. The lowest BCUT2D eigenvalue weighted by atomic mass is 9.99. The minimum atomic E-state index is 0.498. The van der Waals surface area contributed by atoms with E-state index in [-0.39, 0.29) is 0 Å². The normalized spacial score (nSPS) is 9.89. The minimum Gasteiger partial charge on any atom is -0.496 e. The highest BCUT2D eigenvalue weighted by Crippen LogP contribution is 2.36. The molecule has 90 valence electrons. The van der Waals surface area contributed by atoms with Gasteiger partial charge in [-0.1, -0.05) is 11.6 Å². The number of hydrogen-bond acceptors (Lipinski definition) is 3. The van der Waals surface area contributed by atoms with E-state index in [1.54, 1.807) is 25.4 Å². The van der Waals surface area contributed by atoms with Gasteiger partial charge in [-0.05, 0) is 30.7 Å². The molecule has 2 aromatic rings. The molecule has 0 amide bonds. The standard InChI is InChI=1S/C14H11ClN2O/c1-9-5-11(15)6-13(14(9)18-2)12-3-4-17-8-10(12)7-16/h3-6,8H,1-2H3. The highest BCUT2D eigenvalue weighted by atomic mass is 35.5. The van der Waals surface area contributed by atoms with Crippen LogP contribution in [0.15, 0.2) is 30.6 Å². The van der Waals surface area contributed by atoms with Crippen LogP contribution in [0.2, 0.25) is 5.02 Å². The molecule has 0 spiro atoms. The maximum Gasteiger partial charge on any atom is 0.129 e. The number of benzene rings is 1. The zero-order chi connectivity index (χ0) is 13.1. The lowest BCUT2D eigenvalue weighted by Crippen LogP contribution is -1.94. The molecule has 0 aliphatic rings. The quantitative estimate of drug-likeness (QED) is 0.827. The minimum absolute atomic E-state index is 0.498. The van der Waals surface area contributed by atoms with Crippen LogP contribution in [-0.4, -0.2) is 12.1 Å². The Hall–Kier alpha value is -2.05. The van der Waals surface area contributed by atoms with Crippen molar-refractivity contribution in [3.8, 4) is 22.9 Å². The van der Waals surface area contributed by atoms with Gasteiger partial charge >= 0.3 is 0 Å². The van der Waals surface area contributed by atoms with E-state index < -0.39 is 0 Å². The summed E-state index contributed by atoms with van der Waals surface area (Å²) in [6.07, 6.45) is 3.18. The van der Waals surface area contributed by atoms with Crippen molar-refractivity contribution in [1.29, 1.82) is 5.26 Å². The number of nitriles is 1. The molecule has 4 heteroatoms. The first kappa shape index (κ1) is 12.4. The van der Waals surface area contributed by atoms with E-state index in [0.29, 0.717) is 10.6 Å². The molecule has 0 radical (unpaired) electrons. The number of aromatic nitrogens is 1. The van der Waals surface area contributed by atoms with Gasteiger partial charge in [-0.15, -0.1) is 0 Å². The van der Waals surface area contributed by atoms with Gasteiger partial charge in [0, 0.05) is 28.5 Å². The van der Waals surface area contributed by atoms with Crippen LogP contribution in [0.1, 0.15) is 11.1 Å². The molecule has 3 nitrogen and oxygen atoms in total. The highest BCUT2D eigenvalue weighted by Gasteiger charge is 2.13. The summed E-state index contributed by atoms with van der Waals surface area (Å²) in [5.74, 6) is 0.724. The van der Waals surface area contributed by atoms with Crippen molar-refractivity contribution in [2.75, 3.05) is 7.11 Å². The summed E-state index contributed by atoms with van der Waals surface area (Å²) in [7, 11) is 1.60. The van der Waals surface area contributed by atoms with E-state index in [9.17, 15) is 0 Å². The van der Waals surface area contributed by atoms with Gasteiger partial charge in [0.15, 0.2) is 0 Å². The fourth-order valence-electron chi connectivity index (χ4n) is 1.92. The van der Waals surface area contributed by atoms with Crippen LogP contribution in [0.5, 0.6) is 5.75 Å². The number of hydrogen-bond donors (Lipinski definition) is 0. The van der Waals surface area contributed by atoms with Crippen LogP contribution in [0.3, 0.4) is 0 Å². The molecule has 0 saturated heterocycles. The Labute approximate surface area is 111 Å². The van der Waals surface area contributed by atoms with Crippen molar-refractivity contribution in [3.63, 3.8) is 0 Å². The largest absolute Gasteiger partial charge is 0.496 e. The van der Waals surface area contributed by atoms with Crippen molar-refractivity contribution >= 4 is 11.6 Å². The zero-order valence-corrected chi connectivity index (χ0v) is 10.8. The number of pyridine rings is 1. The predicted octanol–water partition coefficient (Wildman–Crippen LogP) is 3.59. The Morgan fingerprint density at radius 2 is 2.11 bits per heavy atom. The Balaban J connectivity index is 2.75. The molecule has 0 atom stereocenters. The molecule has 0 N–H and O–H groups in total. The number of nitrogens with zero attached hydrogens (tertiary/aromatic N) is 2. The zero-order valence-electron chi connectivity index (χ0n) is 10.1. The molecular weight excluding hydrogens is 248 g/mol. The molecule has 0 saturated carbocycles. The molecule has 0 bridgehead atoms. The van der Waals surface area contributed by atoms with Gasteiger partial charge in [0.25, 0.3) is 0 Å². The molecule has 1 aromatic heterocycles. The Bertz CT molecular complexity index is 632. The summed E-state index contributed by atoms with van der Waals surface area (Å²) in [5.41, 5.74) is 3.01. The third-order valence-corrected chi connectivity index (χ3v) is 2.89. The smallest absolute Gasteiger partial charge is 0.129 e.